The van der Waals surface area contributed by atoms with E-state index in [0.29, 0.717) is 6.04 Å². The summed E-state index contributed by atoms with van der Waals surface area (Å²) in [5.74, 6) is 1.01. The summed E-state index contributed by atoms with van der Waals surface area (Å²) >= 11 is 0. The number of allylic oxidation sites excluding steroid dienone is 1. The van der Waals surface area contributed by atoms with Crippen molar-refractivity contribution in [1.29, 1.82) is 0 Å². The van der Waals surface area contributed by atoms with Crippen LogP contribution in [0.3, 0.4) is 0 Å². The predicted molar refractivity (Wildman–Crippen MR) is 102 cm³/mol. The minimum Gasteiger partial charge on any atom is -0.373 e. The van der Waals surface area contributed by atoms with E-state index in [1.807, 2.05) is 6.08 Å². The highest BCUT2D eigenvalue weighted by atomic mass is 16.5. The fourth-order valence-electron chi connectivity index (χ4n) is 3.57. The number of hydrogen-bond donors (Lipinski definition) is 1. The molecular formula is C19H36N4O. The molecule has 138 valence electrons. The van der Waals surface area contributed by atoms with Gasteiger partial charge < -0.3 is 15.0 Å². The van der Waals surface area contributed by atoms with Crippen molar-refractivity contribution in [2.24, 2.45) is 4.99 Å². The molecule has 2 fully saturated rings. The van der Waals surface area contributed by atoms with E-state index in [9.17, 15) is 0 Å². The van der Waals surface area contributed by atoms with Crippen molar-refractivity contribution >= 4 is 5.96 Å². The summed E-state index contributed by atoms with van der Waals surface area (Å²) in [6, 6.07) is 0.664. The Balaban J connectivity index is 1.75. The number of hydrogen-bond acceptors (Lipinski definition) is 3. The Hall–Kier alpha value is -1.07. The maximum atomic E-state index is 6.02. The van der Waals surface area contributed by atoms with Crippen LogP contribution in [0.4, 0.5) is 0 Å². The van der Waals surface area contributed by atoms with Crippen LogP contribution in [-0.2, 0) is 4.74 Å². The number of nitrogens with one attached hydrogen (secondary N) is 1. The molecule has 2 saturated heterocycles. The van der Waals surface area contributed by atoms with E-state index in [-0.39, 0.29) is 6.10 Å². The van der Waals surface area contributed by atoms with E-state index in [1.165, 1.54) is 38.6 Å². The molecule has 2 atom stereocenters. The minimum absolute atomic E-state index is 0.244. The van der Waals surface area contributed by atoms with Crippen molar-refractivity contribution in [3.05, 3.63) is 12.7 Å². The standard InChI is InChI=1S/C19H36N4O/c1-4-6-7-8-9-12-22(3)19(20-5-2)21-14-18-15-23-13-10-11-17(23)16-24-18/h4,17-18H,1,5-16H2,2-3H3,(H,20,21). The van der Waals surface area contributed by atoms with Gasteiger partial charge in [0.05, 0.1) is 19.3 Å². The zero-order valence-corrected chi connectivity index (χ0v) is 15.7. The van der Waals surface area contributed by atoms with E-state index in [4.69, 9.17) is 9.73 Å². The van der Waals surface area contributed by atoms with Gasteiger partial charge in [0, 0.05) is 32.7 Å². The molecule has 0 aromatic carbocycles. The molecule has 0 amide bonds. The van der Waals surface area contributed by atoms with Gasteiger partial charge in [0.15, 0.2) is 5.96 Å². The molecule has 1 N–H and O–H groups in total. The van der Waals surface area contributed by atoms with Gasteiger partial charge in [-0.3, -0.25) is 9.89 Å². The first-order valence-corrected chi connectivity index (χ1v) is 9.70. The molecule has 2 heterocycles. The van der Waals surface area contributed by atoms with Crippen molar-refractivity contribution in [3.63, 3.8) is 0 Å². The SMILES string of the molecule is C=CCCCCCN(C)C(=NCC1CN2CCCC2CO1)NCC. The van der Waals surface area contributed by atoms with Crippen LogP contribution in [0.1, 0.15) is 45.4 Å². The lowest BCUT2D eigenvalue weighted by atomic mass is 10.2. The topological polar surface area (TPSA) is 40.1 Å². The lowest BCUT2D eigenvalue weighted by molar-refractivity contribution is -0.0432. The molecule has 2 aliphatic heterocycles. The zero-order chi connectivity index (χ0) is 17.2. The van der Waals surface area contributed by atoms with Crippen molar-refractivity contribution < 1.29 is 4.74 Å². The lowest BCUT2D eigenvalue weighted by Crippen LogP contribution is -2.47. The number of nitrogens with zero attached hydrogens (tertiary/aromatic N) is 3. The van der Waals surface area contributed by atoms with Gasteiger partial charge >= 0.3 is 0 Å². The third kappa shape index (κ3) is 6.10. The summed E-state index contributed by atoms with van der Waals surface area (Å²) in [7, 11) is 2.13. The lowest BCUT2D eigenvalue weighted by Gasteiger charge is -2.34. The molecule has 0 spiro atoms. The van der Waals surface area contributed by atoms with Gasteiger partial charge in [0.25, 0.3) is 0 Å². The van der Waals surface area contributed by atoms with Crippen LogP contribution in [0.15, 0.2) is 17.6 Å². The van der Waals surface area contributed by atoms with Crippen LogP contribution in [0.5, 0.6) is 0 Å². The predicted octanol–water partition coefficient (Wildman–Crippen LogP) is 2.49. The molecule has 0 aromatic heterocycles. The molecule has 0 radical (unpaired) electrons. The fourth-order valence-corrected chi connectivity index (χ4v) is 3.57. The van der Waals surface area contributed by atoms with Gasteiger partial charge in [-0.15, -0.1) is 6.58 Å². The Morgan fingerprint density at radius 3 is 3.08 bits per heavy atom. The number of unbranched alkanes of at least 4 members (excludes halogenated alkanes) is 3. The normalized spacial score (nSPS) is 24.7. The second kappa shape index (κ2) is 10.7. The van der Waals surface area contributed by atoms with Crippen molar-refractivity contribution in [1.82, 2.24) is 15.1 Å². The molecule has 0 aromatic rings. The monoisotopic (exact) mass is 336 g/mol. The van der Waals surface area contributed by atoms with Crippen LogP contribution in [-0.4, -0.2) is 74.3 Å². The Bertz CT molecular complexity index is 399. The smallest absolute Gasteiger partial charge is 0.193 e. The van der Waals surface area contributed by atoms with Gasteiger partial charge in [-0.25, -0.2) is 0 Å². The molecule has 0 bridgehead atoms. The van der Waals surface area contributed by atoms with Crippen molar-refractivity contribution in [2.75, 3.05) is 46.4 Å². The average molecular weight is 337 g/mol. The van der Waals surface area contributed by atoms with Crippen molar-refractivity contribution in [3.8, 4) is 0 Å². The van der Waals surface area contributed by atoms with E-state index >= 15 is 0 Å². The Labute approximate surface area is 148 Å². The van der Waals surface area contributed by atoms with Crippen LogP contribution >= 0.6 is 0 Å². The molecule has 2 unspecified atom stereocenters. The van der Waals surface area contributed by atoms with E-state index < -0.39 is 0 Å². The first-order valence-electron chi connectivity index (χ1n) is 9.70. The summed E-state index contributed by atoms with van der Waals surface area (Å²) in [4.78, 5) is 9.66. The molecule has 5 heteroatoms. The van der Waals surface area contributed by atoms with Gasteiger partial charge in [0.1, 0.15) is 0 Å². The Morgan fingerprint density at radius 2 is 2.29 bits per heavy atom. The minimum atomic E-state index is 0.244. The molecule has 0 saturated carbocycles. The van der Waals surface area contributed by atoms with Gasteiger partial charge in [-0.05, 0) is 45.6 Å². The quantitative estimate of drug-likeness (QED) is 0.304. The summed E-state index contributed by atoms with van der Waals surface area (Å²) in [5.41, 5.74) is 0. The van der Waals surface area contributed by atoms with E-state index in [1.54, 1.807) is 0 Å². The maximum absolute atomic E-state index is 6.02. The third-order valence-corrected chi connectivity index (χ3v) is 5.00. The Kier molecular flexibility index (Phi) is 8.60. The molecule has 2 aliphatic rings. The number of rotatable bonds is 9. The fraction of sp³-hybridized carbons (Fsp3) is 0.842. The summed E-state index contributed by atoms with van der Waals surface area (Å²) in [5, 5.41) is 3.41. The van der Waals surface area contributed by atoms with Gasteiger partial charge in [-0.1, -0.05) is 12.5 Å². The van der Waals surface area contributed by atoms with Crippen LogP contribution in [0.25, 0.3) is 0 Å². The van der Waals surface area contributed by atoms with Crippen molar-refractivity contribution in [2.45, 2.75) is 57.6 Å². The molecule has 24 heavy (non-hydrogen) atoms. The number of ether oxygens (including phenoxy) is 1. The summed E-state index contributed by atoms with van der Waals surface area (Å²) in [6.45, 7) is 11.8. The highest BCUT2D eigenvalue weighted by molar-refractivity contribution is 5.79. The third-order valence-electron chi connectivity index (χ3n) is 5.00. The molecule has 5 nitrogen and oxygen atoms in total. The summed E-state index contributed by atoms with van der Waals surface area (Å²) < 4.78 is 6.02. The van der Waals surface area contributed by atoms with Crippen LogP contribution in [0, 0.1) is 0 Å². The summed E-state index contributed by atoms with van der Waals surface area (Å²) in [6.07, 6.45) is 9.67. The number of morpholine rings is 1. The van der Waals surface area contributed by atoms with Gasteiger partial charge in [-0.2, -0.15) is 0 Å². The van der Waals surface area contributed by atoms with Crippen LogP contribution < -0.4 is 5.32 Å². The largest absolute Gasteiger partial charge is 0.373 e. The zero-order valence-electron chi connectivity index (χ0n) is 15.7. The highest BCUT2D eigenvalue weighted by Crippen LogP contribution is 2.22. The maximum Gasteiger partial charge on any atom is 0.193 e. The molecular weight excluding hydrogens is 300 g/mol. The van der Waals surface area contributed by atoms with Gasteiger partial charge in [0.2, 0.25) is 0 Å². The number of aliphatic imine (C=N–C) groups is 1. The Morgan fingerprint density at radius 1 is 1.42 bits per heavy atom. The highest BCUT2D eigenvalue weighted by Gasteiger charge is 2.32. The second-order valence-corrected chi connectivity index (χ2v) is 7.00. The second-order valence-electron chi connectivity index (χ2n) is 7.00. The van der Waals surface area contributed by atoms with Crippen LogP contribution in [0.2, 0.25) is 0 Å². The molecule has 0 aliphatic carbocycles. The average Bonchev–Trinajstić information content (AvgIpc) is 3.06. The first-order chi connectivity index (χ1) is 11.7. The van der Waals surface area contributed by atoms with E-state index in [0.717, 1.165) is 45.2 Å². The number of fused-ring (bicyclic) bond motifs is 1. The molecule has 2 rings (SSSR count). The first kappa shape index (κ1) is 19.3. The number of guanidine groups is 1. The van der Waals surface area contributed by atoms with E-state index in [2.05, 4.69) is 35.7 Å².